The van der Waals surface area contributed by atoms with Crippen LogP contribution in [-0.2, 0) is 13.0 Å². The number of benzene rings is 2. The summed E-state index contributed by atoms with van der Waals surface area (Å²) in [5.74, 6) is 0.0811. The second-order valence-corrected chi connectivity index (χ2v) is 8.98. The Balaban J connectivity index is 0.00000162. The van der Waals surface area contributed by atoms with Gasteiger partial charge in [-0.15, -0.1) is 24.8 Å². The van der Waals surface area contributed by atoms with Crippen molar-refractivity contribution in [3.8, 4) is 0 Å². The number of Topliss-reactive ketones (excluding diaryl/α,β-unsaturated/α-hetero) is 1. The van der Waals surface area contributed by atoms with E-state index in [0.29, 0.717) is 35.5 Å². The minimum Gasteiger partial charge on any atom is -0.397 e. The molecule has 1 fully saturated rings. The summed E-state index contributed by atoms with van der Waals surface area (Å²) in [6, 6.07) is 15.3. The number of hydrogen-bond acceptors (Lipinski definition) is 4. The number of allylic oxidation sites excluding steroid dienone is 2. The first kappa shape index (κ1) is 26.1. The van der Waals surface area contributed by atoms with Crippen molar-refractivity contribution in [2.24, 2.45) is 5.92 Å². The second kappa shape index (κ2) is 11.3. The topological polar surface area (TPSA) is 59.2 Å². The van der Waals surface area contributed by atoms with Crippen LogP contribution in [0.1, 0.15) is 47.3 Å². The van der Waals surface area contributed by atoms with Crippen LogP contribution in [0, 0.1) is 11.7 Å². The van der Waals surface area contributed by atoms with Crippen molar-refractivity contribution in [2.75, 3.05) is 18.8 Å². The number of halogens is 3. The fourth-order valence-corrected chi connectivity index (χ4v) is 5.04. The molecule has 180 valence electrons. The van der Waals surface area contributed by atoms with E-state index in [4.69, 9.17) is 5.73 Å². The van der Waals surface area contributed by atoms with Crippen LogP contribution >= 0.6 is 24.8 Å². The number of aromatic nitrogens is 1. The summed E-state index contributed by atoms with van der Waals surface area (Å²) in [5.41, 5.74) is 10.3. The fourth-order valence-electron chi connectivity index (χ4n) is 5.04. The normalized spacial score (nSPS) is 17.8. The smallest absolute Gasteiger partial charge is 0.192 e. The highest BCUT2D eigenvalue weighted by atomic mass is 35.5. The van der Waals surface area contributed by atoms with E-state index in [9.17, 15) is 9.18 Å². The van der Waals surface area contributed by atoms with Gasteiger partial charge in [-0.2, -0.15) is 0 Å². The van der Waals surface area contributed by atoms with Crippen LogP contribution in [0.15, 0.2) is 60.2 Å². The van der Waals surface area contributed by atoms with Crippen LogP contribution in [0.3, 0.4) is 0 Å². The molecule has 1 aliphatic carbocycles. The molecule has 2 aliphatic rings. The average molecular weight is 502 g/mol. The van der Waals surface area contributed by atoms with Crippen molar-refractivity contribution >= 4 is 47.2 Å². The van der Waals surface area contributed by atoms with Crippen molar-refractivity contribution in [1.82, 2.24) is 9.88 Å². The van der Waals surface area contributed by atoms with Crippen molar-refractivity contribution in [3.05, 3.63) is 82.8 Å². The molecule has 0 saturated carbocycles. The Bertz CT molecular complexity index is 1190. The number of nitrogens with two attached hydrogens (primary N) is 1. The second-order valence-electron chi connectivity index (χ2n) is 8.98. The molecule has 3 aromatic rings. The van der Waals surface area contributed by atoms with Crippen LogP contribution in [0.2, 0.25) is 0 Å². The number of fused-ring (bicyclic) bond motifs is 2. The summed E-state index contributed by atoms with van der Waals surface area (Å²) < 4.78 is 14.4. The number of anilines is 1. The van der Waals surface area contributed by atoms with Gasteiger partial charge in [-0.25, -0.2) is 4.39 Å². The molecule has 5 rings (SSSR count). The van der Waals surface area contributed by atoms with E-state index in [2.05, 4.69) is 46.3 Å². The third kappa shape index (κ3) is 5.27. The Kier molecular flexibility index (Phi) is 8.69. The monoisotopic (exact) mass is 501 g/mol. The van der Waals surface area contributed by atoms with E-state index in [1.54, 1.807) is 12.1 Å². The molecule has 1 saturated heterocycles. The van der Waals surface area contributed by atoms with Gasteiger partial charge in [0.2, 0.25) is 0 Å². The zero-order chi connectivity index (χ0) is 22.1. The summed E-state index contributed by atoms with van der Waals surface area (Å²) in [6.07, 6.45) is 6.63. The highest BCUT2D eigenvalue weighted by Crippen LogP contribution is 2.35. The molecule has 0 amide bonds. The number of aryl methyl sites for hydroxylation is 1. The summed E-state index contributed by atoms with van der Waals surface area (Å²) in [7, 11) is 0. The van der Waals surface area contributed by atoms with Gasteiger partial charge >= 0.3 is 0 Å². The van der Waals surface area contributed by atoms with E-state index >= 15 is 0 Å². The van der Waals surface area contributed by atoms with Crippen LogP contribution in [-0.4, -0.2) is 28.8 Å². The van der Waals surface area contributed by atoms with Crippen LogP contribution in [0.25, 0.3) is 10.9 Å². The van der Waals surface area contributed by atoms with Gasteiger partial charge in [0.1, 0.15) is 5.82 Å². The minimum absolute atomic E-state index is 0. The number of likely N-dealkylation sites (tertiary alicyclic amines) is 1. The lowest BCUT2D eigenvalue weighted by atomic mass is 9.85. The van der Waals surface area contributed by atoms with Gasteiger partial charge in [-0.05, 0) is 74.4 Å². The van der Waals surface area contributed by atoms with Crippen molar-refractivity contribution < 1.29 is 9.18 Å². The molecule has 2 heterocycles. The fraction of sp³-hybridized carbons (Fsp3) is 0.333. The molecule has 0 unspecified atom stereocenters. The number of nitrogens with zero attached hydrogens (tertiary/aromatic N) is 2. The number of carbonyl (C=O) groups is 1. The largest absolute Gasteiger partial charge is 0.397 e. The van der Waals surface area contributed by atoms with Crippen molar-refractivity contribution in [3.63, 3.8) is 0 Å². The standard InChI is InChI=1S/C27H28FN3O.2ClH/c28-21-7-4-8-22-24(21)26(29)25-23(30-22)12-11-20(27(25)32)10-9-18-13-15-31(16-14-18)17-19-5-2-1-3-6-19;;/h1-8,10,18H,9,11-17H2,(H2,29,30);2*1H. The lowest BCUT2D eigenvalue weighted by Gasteiger charge is -2.31. The zero-order valence-corrected chi connectivity index (χ0v) is 20.6. The molecular weight excluding hydrogens is 472 g/mol. The van der Waals surface area contributed by atoms with Gasteiger partial charge in [0, 0.05) is 6.54 Å². The van der Waals surface area contributed by atoms with Gasteiger partial charge in [0.25, 0.3) is 0 Å². The number of ketones is 1. The highest BCUT2D eigenvalue weighted by molar-refractivity contribution is 6.17. The first-order chi connectivity index (χ1) is 15.6. The molecule has 34 heavy (non-hydrogen) atoms. The summed E-state index contributed by atoms with van der Waals surface area (Å²) >= 11 is 0. The maximum absolute atomic E-state index is 14.4. The van der Waals surface area contributed by atoms with Gasteiger partial charge in [0.05, 0.1) is 27.8 Å². The molecule has 2 N–H and O–H groups in total. The molecule has 0 radical (unpaired) electrons. The number of piperidine rings is 1. The van der Waals surface area contributed by atoms with Gasteiger partial charge in [-0.3, -0.25) is 14.7 Å². The van der Waals surface area contributed by atoms with Crippen LogP contribution in [0.5, 0.6) is 0 Å². The number of rotatable bonds is 4. The van der Waals surface area contributed by atoms with E-state index < -0.39 is 5.82 Å². The van der Waals surface area contributed by atoms with Gasteiger partial charge in [0.15, 0.2) is 5.78 Å². The molecule has 0 bridgehead atoms. The third-order valence-electron chi connectivity index (χ3n) is 6.88. The predicted octanol–water partition coefficient (Wildman–Crippen LogP) is 6.16. The Morgan fingerprint density at radius 2 is 1.76 bits per heavy atom. The molecule has 0 spiro atoms. The summed E-state index contributed by atoms with van der Waals surface area (Å²) in [6.45, 7) is 3.17. The van der Waals surface area contributed by atoms with E-state index in [1.807, 2.05) is 0 Å². The summed E-state index contributed by atoms with van der Waals surface area (Å²) in [4.78, 5) is 20.2. The molecule has 4 nitrogen and oxygen atoms in total. The Morgan fingerprint density at radius 3 is 2.50 bits per heavy atom. The number of nitrogen functional groups attached to an aromatic ring is 1. The first-order valence-corrected chi connectivity index (χ1v) is 11.5. The number of hydrogen-bond donors (Lipinski definition) is 1. The van der Waals surface area contributed by atoms with Crippen LogP contribution in [0.4, 0.5) is 10.1 Å². The maximum atomic E-state index is 14.4. The third-order valence-corrected chi connectivity index (χ3v) is 6.88. The molecule has 1 aromatic heterocycles. The highest BCUT2D eigenvalue weighted by Gasteiger charge is 2.28. The van der Waals surface area contributed by atoms with Gasteiger partial charge in [-0.1, -0.05) is 42.5 Å². The van der Waals surface area contributed by atoms with E-state index in [1.165, 1.54) is 11.6 Å². The van der Waals surface area contributed by atoms with Crippen molar-refractivity contribution in [2.45, 2.75) is 38.6 Å². The maximum Gasteiger partial charge on any atom is 0.192 e. The lowest BCUT2D eigenvalue weighted by molar-refractivity contribution is 0.102. The quantitative estimate of drug-likeness (QED) is 0.435. The molecule has 2 aromatic carbocycles. The number of carbonyl (C=O) groups excluding carboxylic acids is 1. The average Bonchev–Trinajstić information content (AvgIpc) is 2.80. The van der Waals surface area contributed by atoms with E-state index in [-0.39, 0.29) is 41.7 Å². The Hall–Kier alpha value is -2.47. The molecule has 7 heteroatoms. The minimum atomic E-state index is -0.429. The van der Waals surface area contributed by atoms with Gasteiger partial charge < -0.3 is 5.73 Å². The van der Waals surface area contributed by atoms with Crippen LogP contribution < -0.4 is 5.73 Å². The Morgan fingerprint density at radius 1 is 1.03 bits per heavy atom. The first-order valence-electron chi connectivity index (χ1n) is 11.5. The Labute approximate surface area is 212 Å². The lowest BCUT2D eigenvalue weighted by Crippen LogP contribution is -2.33. The SMILES string of the molecule is Cl.Cl.Nc1c2c(nc3cccc(F)c13)CCC(=CCC1CCN(Cc3ccccc3)CC1)C2=O. The summed E-state index contributed by atoms with van der Waals surface area (Å²) in [5, 5.41) is 0.256. The molecular formula is C27H30Cl2FN3O. The molecule has 1 aliphatic heterocycles. The zero-order valence-electron chi connectivity index (χ0n) is 19.0. The predicted molar refractivity (Wildman–Crippen MR) is 140 cm³/mol. The molecule has 0 atom stereocenters. The number of pyridine rings is 1. The van der Waals surface area contributed by atoms with E-state index in [0.717, 1.165) is 44.5 Å². The van der Waals surface area contributed by atoms with Crippen molar-refractivity contribution in [1.29, 1.82) is 0 Å².